The number of hydrogen-bond acceptors (Lipinski definition) is 7. The smallest absolute Gasteiger partial charge is 0.338 e. The van der Waals surface area contributed by atoms with E-state index < -0.39 is 0 Å². The second-order valence-corrected chi connectivity index (χ2v) is 7.83. The number of nitriles is 1. The monoisotopic (exact) mass is 447 g/mol. The lowest BCUT2D eigenvalue weighted by Gasteiger charge is -2.06. The number of allylic oxidation sites excluding steroid dienone is 1. The molecule has 0 amide bonds. The van der Waals surface area contributed by atoms with Gasteiger partial charge in [0.05, 0.1) is 40.0 Å². The minimum Gasteiger partial charge on any atom is -0.510 e. The minimum absolute atomic E-state index is 0.0847. The number of fused-ring (bicyclic) bond motifs is 2. The van der Waals surface area contributed by atoms with Gasteiger partial charge in [-0.25, -0.2) is 14.8 Å². The lowest BCUT2D eigenvalue weighted by molar-refractivity contribution is 0.0526. The van der Waals surface area contributed by atoms with Gasteiger partial charge in [0, 0.05) is 6.54 Å². The maximum Gasteiger partial charge on any atom is 0.338 e. The topological polar surface area (TPSA) is 117 Å². The van der Waals surface area contributed by atoms with E-state index in [0.717, 1.165) is 16.6 Å². The van der Waals surface area contributed by atoms with Gasteiger partial charge >= 0.3 is 5.97 Å². The van der Waals surface area contributed by atoms with E-state index in [9.17, 15) is 15.2 Å². The van der Waals surface area contributed by atoms with Gasteiger partial charge in [-0.1, -0.05) is 23.9 Å². The molecule has 0 atom stereocenters. The summed E-state index contributed by atoms with van der Waals surface area (Å²) >= 11 is 1.31. The third kappa shape index (κ3) is 4.05. The fourth-order valence-corrected chi connectivity index (χ4v) is 4.35. The quantitative estimate of drug-likeness (QED) is 0.183. The molecule has 0 bridgehead atoms. The van der Waals surface area contributed by atoms with E-state index in [1.165, 1.54) is 11.8 Å². The van der Waals surface area contributed by atoms with Gasteiger partial charge in [-0.3, -0.25) is 0 Å². The van der Waals surface area contributed by atoms with Crippen LogP contribution < -0.4 is 0 Å². The maximum atomic E-state index is 12.0. The standard InChI is InChI=1S/C23H21N5O3S/c1-3-28-19-10-9-14(22(30)31-4-2)11-18(19)27-23(28)32-13-20(29)15(12-24)21-25-16-7-5-6-8-17(16)26-21/h5-11,29H,3-4,13H2,1-2H3,(H,25,26). The summed E-state index contributed by atoms with van der Waals surface area (Å²) in [6.07, 6.45) is 0. The lowest BCUT2D eigenvalue weighted by atomic mass is 10.2. The number of aromatic nitrogens is 4. The van der Waals surface area contributed by atoms with Crippen LogP contribution in [0.1, 0.15) is 30.0 Å². The molecule has 0 aliphatic heterocycles. The fraction of sp³-hybridized carbons (Fsp3) is 0.217. The summed E-state index contributed by atoms with van der Waals surface area (Å²) in [5.41, 5.74) is 3.60. The Kier molecular flexibility index (Phi) is 6.14. The van der Waals surface area contributed by atoms with Gasteiger partial charge in [-0.15, -0.1) is 0 Å². The van der Waals surface area contributed by atoms with Gasteiger partial charge < -0.3 is 19.4 Å². The SMILES string of the molecule is CCOC(=O)c1ccc2c(c1)nc(SCC(O)=C(C#N)c1nc3ccccc3[nH]1)n2CC. The number of imidazole rings is 2. The van der Waals surface area contributed by atoms with Crippen LogP contribution in [0.2, 0.25) is 0 Å². The van der Waals surface area contributed by atoms with Crippen LogP contribution in [0.15, 0.2) is 53.4 Å². The lowest BCUT2D eigenvalue weighted by Crippen LogP contribution is -2.04. The first kappa shape index (κ1) is 21.5. The Morgan fingerprint density at radius 3 is 2.75 bits per heavy atom. The normalized spacial score (nSPS) is 12.0. The van der Waals surface area contributed by atoms with Crippen LogP contribution in [0, 0.1) is 11.3 Å². The molecule has 2 aromatic carbocycles. The third-order valence-electron chi connectivity index (χ3n) is 4.91. The highest BCUT2D eigenvalue weighted by Crippen LogP contribution is 2.28. The molecule has 8 nitrogen and oxygen atoms in total. The van der Waals surface area contributed by atoms with Gasteiger partial charge in [0.1, 0.15) is 17.4 Å². The molecular weight excluding hydrogens is 426 g/mol. The van der Waals surface area contributed by atoms with Crippen LogP contribution in [0.4, 0.5) is 0 Å². The van der Waals surface area contributed by atoms with Crippen molar-refractivity contribution in [3.05, 3.63) is 59.6 Å². The molecule has 2 heterocycles. The van der Waals surface area contributed by atoms with E-state index in [-0.39, 0.29) is 23.1 Å². The second-order valence-electron chi connectivity index (χ2n) is 6.89. The van der Waals surface area contributed by atoms with E-state index in [4.69, 9.17) is 4.74 Å². The Bertz CT molecular complexity index is 1350. The molecule has 0 unspecified atom stereocenters. The van der Waals surface area contributed by atoms with Crippen molar-refractivity contribution in [1.29, 1.82) is 5.26 Å². The van der Waals surface area contributed by atoms with Crippen LogP contribution in [0.5, 0.6) is 0 Å². The number of esters is 1. The highest BCUT2D eigenvalue weighted by atomic mass is 32.2. The van der Waals surface area contributed by atoms with Crippen molar-refractivity contribution in [3.8, 4) is 6.07 Å². The molecule has 4 aromatic rings. The molecule has 162 valence electrons. The minimum atomic E-state index is -0.389. The summed E-state index contributed by atoms with van der Waals surface area (Å²) in [4.78, 5) is 24.1. The number of ether oxygens (including phenoxy) is 1. The van der Waals surface area contributed by atoms with Gasteiger partial charge in [-0.2, -0.15) is 5.26 Å². The zero-order valence-corrected chi connectivity index (χ0v) is 18.4. The largest absolute Gasteiger partial charge is 0.510 e. The molecule has 32 heavy (non-hydrogen) atoms. The average molecular weight is 448 g/mol. The Morgan fingerprint density at radius 2 is 2.03 bits per heavy atom. The number of thioether (sulfide) groups is 1. The summed E-state index contributed by atoms with van der Waals surface area (Å²) < 4.78 is 7.06. The molecule has 0 aliphatic rings. The number of para-hydroxylation sites is 2. The maximum absolute atomic E-state index is 12.0. The molecule has 0 aliphatic carbocycles. The van der Waals surface area contributed by atoms with Crippen molar-refractivity contribution in [2.24, 2.45) is 0 Å². The first-order chi connectivity index (χ1) is 15.5. The summed E-state index contributed by atoms with van der Waals surface area (Å²) in [5, 5.41) is 20.9. The first-order valence-corrected chi connectivity index (χ1v) is 11.1. The van der Waals surface area contributed by atoms with E-state index in [1.54, 1.807) is 19.1 Å². The van der Waals surface area contributed by atoms with E-state index in [0.29, 0.717) is 35.2 Å². The zero-order valence-electron chi connectivity index (χ0n) is 17.6. The second kappa shape index (κ2) is 9.16. The number of nitrogens with zero attached hydrogens (tertiary/aromatic N) is 4. The van der Waals surface area contributed by atoms with Crippen LogP contribution in [-0.4, -0.2) is 43.0 Å². The van der Waals surface area contributed by atoms with Crippen LogP contribution in [0.3, 0.4) is 0 Å². The third-order valence-corrected chi connectivity index (χ3v) is 5.89. The molecule has 0 saturated heterocycles. The fourth-order valence-electron chi connectivity index (χ4n) is 3.40. The molecule has 9 heteroatoms. The molecule has 0 radical (unpaired) electrons. The number of aliphatic hydroxyl groups excluding tert-OH is 1. The summed E-state index contributed by atoms with van der Waals surface area (Å²) in [6, 6.07) is 14.7. The van der Waals surface area contributed by atoms with Crippen molar-refractivity contribution in [2.75, 3.05) is 12.4 Å². The van der Waals surface area contributed by atoms with Gasteiger partial charge in [0.25, 0.3) is 0 Å². The van der Waals surface area contributed by atoms with Crippen LogP contribution in [0.25, 0.3) is 27.6 Å². The Morgan fingerprint density at radius 1 is 1.22 bits per heavy atom. The number of rotatable bonds is 7. The Balaban J connectivity index is 1.62. The van der Waals surface area contributed by atoms with Gasteiger partial charge in [0.2, 0.25) is 0 Å². The average Bonchev–Trinajstić information content (AvgIpc) is 3.38. The zero-order chi connectivity index (χ0) is 22.7. The summed E-state index contributed by atoms with van der Waals surface area (Å²) in [5.74, 6) is 0.00152. The molecule has 4 rings (SSSR count). The molecule has 0 fully saturated rings. The van der Waals surface area contributed by atoms with Crippen LogP contribution in [-0.2, 0) is 11.3 Å². The molecule has 0 spiro atoms. The molecule has 0 saturated carbocycles. The number of benzene rings is 2. The Labute approximate surface area is 188 Å². The van der Waals surface area contributed by atoms with Crippen molar-refractivity contribution in [2.45, 2.75) is 25.5 Å². The van der Waals surface area contributed by atoms with Crippen molar-refractivity contribution in [1.82, 2.24) is 19.5 Å². The number of H-pyrrole nitrogens is 1. The van der Waals surface area contributed by atoms with Gasteiger partial charge in [-0.05, 0) is 44.2 Å². The number of aromatic amines is 1. The highest BCUT2D eigenvalue weighted by Gasteiger charge is 2.17. The predicted molar refractivity (Wildman–Crippen MR) is 123 cm³/mol. The van der Waals surface area contributed by atoms with Crippen LogP contribution >= 0.6 is 11.8 Å². The predicted octanol–water partition coefficient (Wildman–Crippen LogP) is 4.69. The number of hydrogen-bond donors (Lipinski definition) is 2. The van der Waals surface area contributed by atoms with E-state index in [1.807, 2.05) is 47.9 Å². The number of aliphatic hydroxyl groups is 1. The number of aryl methyl sites for hydroxylation is 1. The van der Waals surface area contributed by atoms with Gasteiger partial charge in [0.15, 0.2) is 11.0 Å². The number of carbonyl (C=O) groups is 1. The van der Waals surface area contributed by atoms with E-state index in [2.05, 4.69) is 15.0 Å². The Hall–Kier alpha value is -3.77. The summed E-state index contributed by atoms with van der Waals surface area (Å²) in [6.45, 7) is 4.73. The van der Waals surface area contributed by atoms with E-state index >= 15 is 0 Å². The first-order valence-electron chi connectivity index (χ1n) is 10.1. The molecule has 2 aromatic heterocycles. The van der Waals surface area contributed by atoms with Crippen molar-refractivity contribution >= 4 is 45.4 Å². The number of carbonyl (C=O) groups excluding carboxylic acids is 1. The summed E-state index contributed by atoms with van der Waals surface area (Å²) in [7, 11) is 0. The molecular formula is C23H21N5O3S. The van der Waals surface area contributed by atoms with Crippen molar-refractivity contribution in [3.63, 3.8) is 0 Å². The van der Waals surface area contributed by atoms with Crippen molar-refractivity contribution < 1.29 is 14.6 Å². The highest BCUT2D eigenvalue weighted by molar-refractivity contribution is 7.99. The molecule has 2 N–H and O–H groups in total. The number of nitrogens with one attached hydrogen (secondary N) is 1.